The summed E-state index contributed by atoms with van der Waals surface area (Å²) in [7, 11) is 0. The quantitative estimate of drug-likeness (QED) is 0.578. The second kappa shape index (κ2) is 2.45. The Morgan fingerprint density at radius 3 is 2.86 bits per heavy atom. The van der Waals surface area contributed by atoms with Crippen molar-refractivity contribution in [3.63, 3.8) is 0 Å². The lowest BCUT2D eigenvalue weighted by Crippen LogP contribution is -1.88. The molecule has 0 unspecified atom stereocenters. The summed E-state index contributed by atoms with van der Waals surface area (Å²) in [6.07, 6.45) is 3.43. The molecule has 0 aliphatic rings. The van der Waals surface area contributed by atoms with Gasteiger partial charge in [0.25, 0.3) is 0 Å². The molecule has 68 valence electrons. The number of fused-ring (bicyclic) bond motifs is 2. The van der Waals surface area contributed by atoms with E-state index in [2.05, 4.69) is 9.97 Å². The molecule has 1 aromatic carbocycles. The summed E-state index contributed by atoms with van der Waals surface area (Å²) in [6.45, 7) is 0. The highest BCUT2D eigenvalue weighted by molar-refractivity contribution is 5.79. The number of para-hydroxylation sites is 1. The highest BCUT2D eigenvalue weighted by Gasteiger charge is 2.02. The first-order valence-electron chi connectivity index (χ1n) is 4.26. The Bertz CT molecular complexity index is 562. The zero-order valence-corrected chi connectivity index (χ0v) is 7.25. The molecule has 2 aromatic heterocycles. The van der Waals surface area contributed by atoms with Gasteiger partial charge in [0, 0.05) is 11.6 Å². The van der Waals surface area contributed by atoms with Gasteiger partial charge in [-0.05, 0) is 6.07 Å². The summed E-state index contributed by atoms with van der Waals surface area (Å²) in [5.41, 5.74) is 0.880. The van der Waals surface area contributed by atoms with Crippen molar-refractivity contribution in [3.05, 3.63) is 36.7 Å². The number of hydrogen-bond donors (Lipinski definition) is 1. The van der Waals surface area contributed by atoms with Crippen LogP contribution in [0.5, 0.6) is 5.88 Å². The number of aromatic hydroxyl groups is 1. The molecule has 0 fully saturated rings. The molecule has 14 heavy (non-hydrogen) atoms. The molecule has 3 aromatic rings. The highest BCUT2D eigenvalue weighted by Crippen LogP contribution is 2.14. The average Bonchev–Trinajstić information content (AvgIpc) is 2.53. The lowest BCUT2D eigenvalue weighted by Gasteiger charge is -1.96. The van der Waals surface area contributed by atoms with Crippen molar-refractivity contribution in [2.75, 3.05) is 0 Å². The molecule has 2 heterocycles. The molecular formula is C10H7N3O. The first kappa shape index (κ1) is 7.32. The summed E-state index contributed by atoms with van der Waals surface area (Å²) >= 11 is 0. The number of aromatic nitrogens is 3. The van der Waals surface area contributed by atoms with Gasteiger partial charge in [0.05, 0.1) is 11.7 Å². The van der Waals surface area contributed by atoms with E-state index in [-0.39, 0.29) is 5.88 Å². The maximum atomic E-state index is 9.19. The van der Waals surface area contributed by atoms with E-state index < -0.39 is 0 Å². The Morgan fingerprint density at radius 1 is 1.07 bits per heavy atom. The molecule has 1 N–H and O–H groups in total. The van der Waals surface area contributed by atoms with Crippen LogP contribution in [-0.4, -0.2) is 19.5 Å². The molecule has 0 bridgehead atoms. The van der Waals surface area contributed by atoms with Crippen molar-refractivity contribution < 1.29 is 5.11 Å². The maximum Gasteiger partial charge on any atom is 0.237 e. The summed E-state index contributed by atoms with van der Waals surface area (Å²) in [5.74, 6) is 0.508. The predicted molar refractivity (Wildman–Crippen MR) is 52.2 cm³/mol. The molecule has 0 aliphatic carbocycles. The molecule has 0 amide bonds. The molecule has 0 atom stereocenters. The fraction of sp³-hybridized carbons (Fsp3) is 0. The number of nitrogens with zero attached hydrogens (tertiary/aromatic N) is 3. The number of benzene rings is 1. The Labute approximate surface area is 79.5 Å². The lowest BCUT2D eigenvalue weighted by atomic mass is 10.2. The van der Waals surface area contributed by atoms with E-state index in [1.54, 1.807) is 4.40 Å². The van der Waals surface area contributed by atoms with Gasteiger partial charge in [0.2, 0.25) is 11.7 Å². The smallest absolute Gasteiger partial charge is 0.237 e. The topological polar surface area (TPSA) is 50.4 Å². The fourth-order valence-corrected chi connectivity index (χ4v) is 1.51. The highest BCUT2D eigenvalue weighted by atomic mass is 16.3. The Kier molecular flexibility index (Phi) is 1.28. The molecule has 0 radical (unpaired) electrons. The second-order valence-corrected chi connectivity index (χ2v) is 3.11. The maximum absolute atomic E-state index is 9.19. The molecule has 0 saturated carbocycles. The third-order valence-electron chi connectivity index (χ3n) is 2.14. The molecular weight excluding hydrogens is 178 g/mol. The van der Waals surface area contributed by atoms with Crippen LogP contribution in [0.4, 0.5) is 0 Å². The number of hydrogen-bond acceptors (Lipinski definition) is 3. The van der Waals surface area contributed by atoms with Gasteiger partial charge in [-0.3, -0.25) is 4.40 Å². The van der Waals surface area contributed by atoms with Gasteiger partial charge in [-0.15, -0.1) is 0 Å². The van der Waals surface area contributed by atoms with E-state index >= 15 is 0 Å². The Hall–Kier alpha value is -2.10. The van der Waals surface area contributed by atoms with E-state index in [1.165, 1.54) is 6.20 Å². The Morgan fingerprint density at radius 2 is 1.93 bits per heavy atom. The van der Waals surface area contributed by atoms with Gasteiger partial charge in [-0.25, -0.2) is 4.98 Å². The van der Waals surface area contributed by atoms with E-state index in [0.29, 0.717) is 5.78 Å². The van der Waals surface area contributed by atoms with Crippen molar-refractivity contribution in [1.29, 1.82) is 0 Å². The van der Waals surface area contributed by atoms with Gasteiger partial charge < -0.3 is 5.11 Å². The second-order valence-electron chi connectivity index (χ2n) is 3.11. The van der Waals surface area contributed by atoms with Crippen molar-refractivity contribution in [2.45, 2.75) is 0 Å². The third-order valence-corrected chi connectivity index (χ3v) is 2.14. The third kappa shape index (κ3) is 0.939. The largest absolute Gasteiger partial charge is 0.492 e. The minimum Gasteiger partial charge on any atom is -0.492 e. The predicted octanol–water partition coefficient (Wildman–Crippen LogP) is 1.59. The van der Waals surface area contributed by atoms with Crippen LogP contribution < -0.4 is 0 Å². The van der Waals surface area contributed by atoms with Gasteiger partial charge in [0.15, 0.2) is 0 Å². The molecule has 4 heteroatoms. The summed E-state index contributed by atoms with van der Waals surface area (Å²) in [5, 5.41) is 10.2. The van der Waals surface area contributed by atoms with Crippen LogP contribution in [0.1, 0.15) is 0 Å². The van der Waals surface area contributed by atoms with Crippen LogP contribution >= 0.6 is 0 Å². The van der Waals surface area contributed by atoms with Gasteiger partial charge in [0.1, 0.15) is 0 Å². The van der Waals surface area contributed by atoms with Gasteiger partial charge >= 0.3 is 0 Å². The molecule has 4 nitrogen and oxygen atoms in total. The van der Waals surface area contributed by atoms with Gasteiger partial charge in [-0.1, -0.05) is 18.2 Å². The van der Waals surface area contributed by atoms with Crippen molar-refractivity contribution in [1.82, 2.24) is 14.4 Å². The summed E-state index contributed by atoms with van der Waals surface area (Å²) in [4.78, 5) is 8.16. The van der Waals surface area contributed by atoms with Crippen LogP contribution in [0.15, 0.2) is 36.7 Å². The minimum absolute atomic E-state index is 0.00666. The summed E-state index contributed by atoms with van der Waals surface area (Å²) in [6, 6.07) is 7.77. The minimum atomic E-state index is -0.00666. The van der Waals surface area contributed by atoms with Crippen LogP contribution in [0.3, 0.4) is 0 Å². The van der Waals surface area contributed by atoms with Crippen LogP contribution in [-0.2, 0) is 0 Å². The van der Waals surface area contributed by atoms with Crippen LogP contribution in [0.25, 0.3) is 16.7 Å². The normalized spacial score (nSPS) is 11.1. The first-order chi connectivity index (χ1) is 6.83. The zero-order valence-electron chi connectivity index (χ0n) is 7.25. The summed E-state index contributed by atoms with van der Waals surface area (Å²) < 4.78 is 1.71. The van der Waals surface area contributed by atoms with Crippen molar-refractivity contribution in [3.8, 4) is 5.88 Å². The SMILES string of the molecule is Oc1cn2cc3ccccc3nc2n1. The van der Waals surface area contributed by atoms with Crippen molar-refractivity contribution in [2.24, 2.45) is 0 Å². The lowest BCUT2D eigenvalue weighted by molar-refractivity contribution is 0.457. The van der Waals surface area contributed by atoms with Crippen LogP contribution in [0.2, 0.25) is 0 Å². The fourth-order valence-electron chi connectivity index (χ4n) is 1.51. The number of rotatable bonds is 0. The van der Waals surface area contributed by atoms with E-state index in [0.717, 1.165) is 10.9 Å². The van der Waals surface area contributed by atoms with E-state index in [9.17, 15) is 5.11 Å². The molecule has 0 spiro atoms. The average molecular weight is 185 g/mol. The number of imidazole rings is 1. The monoisotopic (exact) mass is 185 g/mol. The van der Waals surface area contributed by atoms with Crippen LogP contribution in [0, 0.1) is 0 Å². The molecule has 0 saturated heterocycles. The van der Waals surface area contributed by atoms with Gasteiger partial charge in [-0.2, -0.15) is 4.98 Å². The molecule has 0 aliphatic heterocycles. The van der Waals surface area contributed by atoms with E-state index in [4.69, 9.17) is 0 Å². The zero-order chi connectivity index (χ0) is 9.54. The standard InChI is InChI=1S/C10H7N3O/c14-9-6-13-5-7-3-1-2-4-8(7)11-10(13)12-9/h1-6,14H. The van der Waals surface area contributed by atoms with E-state index in [1.807, 2.05) is 30.5 Å². The molecule has 3 rings (SSSR count). The Balaban J connectivity index is 2.51. The van der Waals surface area contributed by atoms with Crippen molar-refractivity contribution >= 4 is 16.7 Å². The first-order valence-corrected chi connectivity index (χ1v) is 4.26.